The molecule has 294 valence electrons. The number of piperidine rings is 1. The van der Waals surface area contributed by atoms with Gasteiger partial charge in [-0.3, -0.25) is 15.0 Å². The number of carbonyl (C=O) groups is 3. The second-order valence-electron chi connectivity index (χ2n) is 13.7. The fraction of sp³-hybridized carbons (Fsp3) is 0.514. The van der Waals surface area contributed by atoms with Gasteiger partial charge in [0.25, 0.3) is 0 Å². The molecule has 2 heterocycles. The summed E-state index contributed by atoms with van der Waals surface area (Å²) in [5, 5.41) is 25.0. The van der Waals surface area contributed by atoms with Gasteiger partial charge < -0.3 is 25.2 Å². The number of carboxylic acids is 1. The predicted molar refractivity (Wildman–Crippen MR) is 185 cm³/mol. The van der Waals surface area contributed by atoms with Crippen LogP contribution in [0.15, 0.2) is 53.1 Å². The summed E-state index contributed by atoms with van der Waals surface area (Å²) in [4.78, 5) is 43.0. The monoisotopic (exact) mass is 766 g/mol. The molecule has 1 aliphatic carbocycles. The van der Waals surface area contributed by atoms with E-state index in [1.807, 2.05) is 4.90 Å². The summed E-state index contributed by atoms with van der Waals surface area (Å²) in [5.41, 5.74) is 0.836. The summed E-state index contributed by atoms with van der Waals surface area (Å²) < 4.78 is 78.0. The Kier molecular flexibility index (Phi) is 14.2. The third kappa shape index (κ3) is 12.0. The Morgan fingerprint density at radius 2 is 1.59 bits per heavy atom. The van der Waals surface area contributed by atoms with E-state index in [2.05, 4.69) is 20.8 Å². The smallest absolute Gasteiger partial charge is 0.475 e. The second kappa shape index (κ2) is 18.4. The van der Waals surface area contributed by atoms with E-state index < -0.39 is 41.8 Å². The molecule has 2 aromatic carbocycles. The number of alkyl halides is 6. The first kappa shape index (κ1) is 41.8. The molecule has 2 aliphatic rings. The van der Waals surface area contributed by atoms with Crippen molar-refractivity contribution in [2.45, 2.75) is 89.5 Å². The minimum absolute atomic E-state index is 0.0602. The van der Waals surface area contributed by atoms with E-state index >= 15 is 0 Å². The van der Waals surface area contributed by atoms with Crippen molar-refractivity contribution in [2.24, 2.45) is 11.8 Å². The number of hydrogen-bond donors (Lipinski definition) is 4. The minimum atomic E-state index is -5.08. The van der Waals surface area contributed by atoms with Crippen molar-refractivity contribution in [3.05, 3.63) is 71.1 Å². The molecule has 0 radical (unpaired) electrons. The number of aryl methyl sites for hydroxylation is 1. The molecule has 1 aliphatic heterocycles. The largest absolute Gasteiger partial charge is 0.490 e. The van der Waals surface area contributed by atoms with Crippen molar-refractivity contribution in [1.82, 2.24) is 25.7 Å². The van der Waals surface area contributed by atoms with Gasteiger partial charge in [-0.1, -0.05) is 66.9 Å². The zero-order chi connectivity index (χ0) is 39.6. The molecule has 2 amide bonds. The van der Waals surface area contributed by atoms with Crippen LogP contribution in [0.25, 0.3) is 11.4 Å². The number of carboxylic acid groups (broad SMARTS) is 1. The van der Waals surface area contributed by atoms with Crippen molar-refractivity contribution in [3.8, 4) is 11.4 Å². The van der Waals surface area contributed by atoms with Gasteiger partial charge in [0, 0.05) is 32.1 Å². The van der Waals surface area contributed by atoms with E-state index in [0.29, 0.717) is 29.7 Å². The molecule has 17 heteroatoms. The van der Waals surface area contributed by atoms with E-state index in [4.69, 9.17) is 19.8 Å². The van der Waals surface area contributed by atoms with Gasteiger partial charge >= 0.3 is 18.3 Å². The lowest BCUT2D eigenvalue weighted by molar-refractivity contribution is -0.192. The first-order valence-electron chi connectivity index (χ1n) is 17.7. The number of aliphatic carboxylic acids is 1. The van der Waals surface area contributed by atoms with Crippen molar-refractivity contribution < 1.29 is 50.4 Å². The third-order valence-corrected chi connectivity index (χ3v) is 9.71. The quantitative estimate of drug-likeness (QED) is 0.0984. The predicted octanol–water partition coefficient (Wildman–Crippen LogP) is 6.91. The number of carbonyl (C=O) groups excluding carboxylic acids is 2. The highest BCUT2D eigenvalue weighted by molar-refractivity contribution is 5.91. The molecule has 2 atom stereocenters. The van der Waals surface area contributed by atoms with Gasteiger partial charge in [-0.05, 0) is 68.1 Å². The molecule has 0 unspecified atom stereocenters. The van der Waals surface area contributed by atoms with Crippen LogP contribution in [-0.2, 0) is 27.0 Å². The van der Waals surface area contributed by atoms with Crippen LogP contribution >= 0.6 is 0 Å². The van der Waals surface area contributed by atoms with Crippen LogP contribution in [0.2, 0.25) is 0 Å². The molecular formula is C37H44F6N6O5. The molecule has 3 aromatic rings. The average Bonchev–Trinajstić information content (AvgIpc) is 3.58. The molecule has 0 spiro atoms. The maximum atomic E-state index is 14.1. The lowest BCUT2D eigenvalue weighted by Gasteiger charge is -2.34. The van der Waals surface area contributed by atoms with E-state index in [1.54, 1.807) is 38.1 Å². The van der Waals surface area contributed by atoms with Crippen molar-refractivity contribution >= 4 is 23.6 Å². The number of nitrogens with zero attached hydrogens (tertiary/aromatic N) is 3. The number of amidine groups is 1. The van der Waals surface area contributed by atoms with Crippen molar-refractivity contribution in [2.75, 3.05) is 19.6 Å². The van der Waals surface area contributed by atoms with Crippen molar-refractivity contribution in [1.29, 1.82) is 5.41 Å². The highest BCUT2D eigenvalue weighted by Gasteiger charge is 2.38. The van der Waals surface area contributed by atoms with Crippen LogP contribution in [0.3, 0.4) is 0 Å². The lowest BCUT2D eigenvalue weighted by atomic mass is 9.82. The number of halogens is 6. The highest BCUT2D eigenvalue weighted by Crippen LogP contribution is 2.33. The Bertz CT molecular complexity index is 1730. The Balaban J connectivity index is 0.000000845. The molecule has 1 saturated carbocycles. The second-order valence-corrected chi connectivity index (χ2v) is 13.7. The summed E-state index contributed by atoms with van der Waals surface area (Å²) >= 11 is 0. The number of hydrogen-bond acceptors (Lipinski definition) is 7. The lowest BCUT2D eigenvalue weighted by Crippen LogP contribution is -2.53. The van der Waals surface area contributed by atoms with Gasteiger partial charge in [0.15, 0.2) is 0 Å². The fourth-order valence-corrected chi connectivity index (χ4v) is 6.68. The van der Waals surface area contributed by atoms with E-state index in [9.17, 15) is 35.9 Å². The Hall–Kier alpha value is -4.96. The number of nitrogens with one attached hydrogen (secondary N) is 3. The first-order chi connectivity index (χ1) is 25.4. The fourth-order valence-electron chi connectivity index (χ4n) is 6.68. The number of aromatic nitrogens is 2. The number of benzene rings is 2. The standard InChI is InChI=1S/C35H43F3N6O3.C2HF3O2/c1-22(39)44-17-15-25(16-18-44)21-40-34(46)31(26-7-4-3-5-8-26)42-33(45)30(28-9-6-10-29(20-28)35(36,37)38)19-24-11-13-27(14-12-24)32-41-23(2)47-43-32;3-2(4,5)1(6)7/h6,9-14,20,25-26,30-31,39H,3-5,7-8,15-19,21H2,1-2H3,(H,40,46)(H,42,45);(H,6,7)/t30-,31+;/m1./s1. The van der Waals surface area contributed by atoms with Crippen molar-refractivity contribution in [3.63, 3.8) is 0 Å². The summed E-state index contributed by atoms with van der Waals surface area (Å²) in [6.45, 7) is 5.48. The minimum Gasteiger partial charge on any atom is -0.475 e. The van der Waals surface area contributed by atoms with Gasteiger partial charge in [0.1, 0.15) is 6.04 Å². The summed E-state index contributed by atoms with van der Waals surface area (Å²) in [5.74, 6) is -2.87. The summed E-state index contributed by atoms with van der Waals surface area (Å²) in [6, 6.07) is 11.2. The number of rotatable bonds is 10. The normalized spacial score (nSPS) is 16.8. The molecule has 2 fully saturated rings. The van der Waals surface area contributed by atoms with Crippen LogP contribution in [0.1, 0.15) is 80.4 Å². The summed E-state index contributed by atoms with van der Waals surface area (Å²) in [6.07, 6.45) is -3.25. The van der Waals surface area contributed by atoms with Gasteiger partial charge in [0.05, 0.1) is 17.3 Å². The average molecular weight is 767 g/mol. The van der Waals surface area contributed by atoms with Crippen LogP contribution in [0.4, 0.5) is 26.3 Å². The van der Waals surface area contributed by atoms with Gasteiger partial charge in [0.2, 0.25) is 23.5 Å². The van der Waals surface area contributed by atoms with Gasteiger partial charge in [-0.2, -0.15) is 31.3 Å². The maximum absolute atomic E-state index is 14.1. The zero-order valence-corrected chi connectivity index (χ0v) is 29.9. The number of amides is 2. The van der Waals surface area contributed by atoms with E-state index in [0.717, 1.165) is 75.7 Å². The molecule has 1 aromatic heterocycles. The zero-order valence-electron chi connectivity index (χ0n) is 29.9. The Morgan fingerprint density at radius 3 is 2.13 bits per heavy atom. The molecule has 5 rings (SSSR count). The Morgan fingerprint density at radius 1 is 0.963 bits per heavy atom. The number of likely N-dealkylation sites (tertiary alicyclic amines) is 1. The van der Waals surface area contributed by atoms with Gasteiger partial charge in [-0.15, -0.1) is 0 Å². The SMILES string of the molecule is CC(=N)N1CCC(CNC(=O)[C@@H](NC(=O)[C@H](Cc2ccc(-c3noc(C)n3)cc2)c2cccc(C(F)(F)F)c2)C2CCCCC2)CC1.O=C(O)C(F)(F)F. The first-order valence-corrected chi connectivity index (χ1v) is 17.7. The molecule has 1 saturated heterocycles. The Labute approximate surface area is 308 Å². The highest BCUT2D eigenvalue weighted by atomic mass is 19.4. The molecule has 0 bridgehead atoms. The molecule has 54 heavy (non-hydrogen) atoms. The topological polar surface area (TPSA) is 162 Å². The molecule has 4 N–H and O–H groups in total. The maximum Gasteiger partial charge on any atom is 0.490 e. The third-order valence-electron chi connectivity index (χ3n) is 9.71. The van der Waals surface area contributed by atoms with Crippen LogP contribution < -0.4 is 10.6 Å². The molecule has 11 nitrogen and oxygen atoms in total. The van der Waals surface area contributed by atoms with Gasteiger partial charge in [-0.25, -0.2) is 4.79 Å². The van der Waals surface area contributed by atoms with E-state index in [1.165, 1.54) is 12.1 Å². The van der Waals surface area contributed by atoms with Crippen LogP contribution in [-0.4, -0.2) is 75.6 Å². The van der Waals surface area contributed by atoms with E-state index in [-0.39, 0.29) is 29.7 Å². The van der Waals surface area contributed by atoms with Crippen LogP contribution in [0, 0.1) is 24.2 Å². The molecular weight excluding hydrogens is 722 g/mol. The van der Waals surface area contributed by atoms with Crippen LogP contribution in [0.5, 0.6) is 0 Å². The summed E-state index contributed by atoms with van der Waals surface area (Å²) in [7, 11) is 0.